The highest BCUT2D eigenvalue weighted by Gasteiger charge is 2.29. The standard InChI is InChI=1S/C6H7N5S/c1-2-8-3-4(9-2)10-6(7)11-5(3)12/h3H,1H3,(H3,7,8,9,10,11,12). The maximum atomic E-state index is 5.41. The first kappa shape index (κ1) is 7.35. The number of guanidine groups is 1. The highest BCUT2D eigenvalue weighted by molar-refractivity contribution is 7.80. The van der Waals surface area contributed by atoms with Gasteiger partial charge < -0.3 is 11.1 Å². The molecule has 2 heterocycles. The van der Waals surface area contributed by atoms with Crippen molar-refractivity contribution in [2.24, 2.45) is 20.7 Å². The Bertz CT molecular complexity index is 340. The Kier molecular flexibility index (Phi) is 1.44. The zero-order valence-electron chi connectivity index (χ0n) is 6.40. The van der Waals surface area contributed by atoms with E-state index in [2.05, 4.69) is 20.3 Å². The van der Waals surface area contributed by atoms with Gasteiger partial charge in [0, 0.05) is 0 Å². The molecule has 0 fully saturated rings. The Morgan fingerprint density at radius 3 is 3.00 bits per heavy atom. The molecule has 62 valence electrons. The number of thiocarbonyl (C=S) groups is 1. The van der Waals surface area contributed by atoms with Gasteiger partial charge in [-0.1, -0.05) is 12.2 Å². The Morgan fingerprint density at radius 1 is 1.50 bits per heavy atom. The molecule has 0 radical (unpaired) electrons. The van der Waals surface area contributed by atoms with Crippen LogP contribution in [0.3, 0.4) is 0 Å². The third-order valence-corrected chi connectivity index (χ3v) is 1.90. The minimum atomic E-state index is -0.215. The van der Waals surface area contributed by atoms with Gasteiger partial charge in [-0.3, -0.25) is 4.99 Å². The van der Waals surface area contributed by atoms with Crippen LogP contribution in [0.2, 0.25) is 0 Å². The molecular formula is C6H7N5S. The number of rotatable bonds is 0. The van der Waals surface area contributed by atoms with Gasteiger partial charge in [-0.25, -0.2) is 4.99 Å². The summed E-state index contributed by atoms with van der Waals surface area (Å²) < 4.78 is 0. The number of nitrogens with one attached hydrogen (secondary N) is 1. The van der Waals surface area contributed by atoms with E-state index < -0.39 is 0 Å². The molecule has 0 amide bonds. The molecule has 1 atom stereocenters. The zero-order valence-corrected chi connectivity index (χ0v) is 7.22. The fraction of sp³-hybridized carbons (Fsp3) is 0.333. The molecule has 2 aliphatic rings. The van der Waals surface area contributed by atoms with Gasteiger partial charge in [0.2, 0.25) is 5.96 Å². The summed E-state index contributed by atoms with van der Waals surface area (Å²) in [5, 5.41) is 2.97. The van der Waals surface area contributed by atoms with E-state index in [0.717, 1.165) is 5.84 Å². The minimum absolute atomic E-state index is 0.198. The van der Waals surface area contributed by atoms with Crippen molar-refractivity contribution in [1.29, 1.82) is 0 Å². The van der Waals surface area contributed by atoms with E-state index in [4.69, 9.17) is 18.0 Å². The SMILES string of the molecule is CC1=NC2C(=S)N=C(N)N=C2N1. The number of hydrogen-bond donors (Lipinski definition) is 2. The molecular weight excluding hydrogens is 174 g/mol. The summed E-state index contributed by atoms with van der Waals surface area (Å²) in [5.74, 6) is 1.68. The van der Waals surface area contributed by atoms with Gasteiger partial charge in [-0.15, -0.1) is 0 Å². The molecule has 0 saturated carbocycles. The van der Waals surface area contributed by atoms with Crippen LogP contribution in [0.1, 0.15) is 6.92 Å². The Labute approximate surface area is 74.5 Å². The lowest BCUT2D eigenvalue weighted by molar-refractivity contribution is 1.13. The number of aliphatic imine (C=N–C) groups is 3. The van der Waals surface area contributed by atoms with E-state index in [-0.39, 0.29) is 12.0 Å². The molecule has 2 aliphatic heterocycles. The molecule has 0 aromatic heterocycles. The topological polar surface area (TPSA) is 75.1 Å². The number of amidine groups is 2. The molecule has 12 heavy (non-hydrogen) atoms. The monoisotopic (exact) mass is 181 g/mol. The van der Waals surface area contributed by atoms with Gasteiger partial charge in [0.05, 0.1) is 5.84 Å². The van der Waals surface area contributed by atoms with Crippen molar-refractivity contribution in [3.8, 4) is 0 Å². The zero-order chi connectivity index (χ0) is 8.72. The highest BCUT2D eigenvalue weighted by Crippen LogP contribution is 2.09. The Morgan fingerprint density at radius 2 is 2.25 bits per heavy atom. The maximum Gasteiger partial charge on any atom is 0.222 e. The molecule has 0 saturated heterocycles. The fourth-order valence-corrected chi connectivity index (χ4v) is 1.38. The van der Waals surface area contributed by atoms with E-state index in [1.807, 2.05) is 6.92 Å². The fourth-order valence-electron chi connectivity index (χ4n) is 1.12. The van der Waals surface area contributed by atoms with E-state index in [1.165, 1.54) is 0 Å². The molecule has 0 bridgehead atoms. The second-order valence-electron chi connectivity index (χ2n) is 2.55. The third kappa shape index (κ3) is 1.00. The van der Waals surface area contributed by atoms with Gasteiger partial charge in [-0.05, 0) is 6.92 Å². The van der Waals surface area contributed by atoms with Gasteiger partial charge in [0.25, 0.3) is 0 Å². The lowest BCUT2D eigenvalue weighted by atomic mass is 10.3. The van der Waals surface area contributed by atoms with Crippen LogP contribution in [0.4, 0.5) is 0 Å². The van der Waals surface area contributed by atoms with Crippen molar-refractivity contribution < 1.29 is 0 Å². The largest absolute Gasteiger partial charge is 0.368 e. The average molecular weight is 181 g/mol. The summed E-state index contributed by atoms with van der Waals surface area (Å²) in [6.45, 7) is 1.85. The molecule has 5 nitrogen and oxygen atoms in total. The number of nitrogens with zero attached hydrogens (tertiary/aromatic N) is 3. The van der Waals surface area contributed by atoms with Gasteiger partial charge >= 0.3 is 0 Å². The smallest absolute Gasteiger partial charge is 0.222 e. The van der Waals surface area contributed by atoms with Crippen molar-refractivity contribution in [1.82, 2.24) is 5.32 Å². The molecule has 3 N–H and O–H groups in total. The number of fused-ring (bicyclic) bond motifs is 1. The summed E-state index contributed by atoms with van der Waals surface area (Å²) in [4.78, 5) is 12.5. The van der Waals surface area contributed by atoms with Crippen LogP contribution >= 0.6 is 12.2 Å². The van der Waals surface area contributed by atoms with Gasteiger partial charge in [0.1, 0.15) is 10.8 Å². The summed E-state index contributed by atoms with van der Waals surface area (Å²) in [7, 11) is 0. The van der Waals surface area contributed by atoms with Crippen LogP contribution in [0.25, 0.3) is 0 Å². The van der Waals surface area contributed by atoms with Crippen molar-refractivity contribution in [3.05, 3.63) is 0 Å². The van der Waals surface area contributed by atoms with Crippen LogP contribution in [0, 0.1) is 0 Å². The highest BCUT2D eigenvalue weighted by atomic mass is 32.1. The molecule has 0 aromatic carbocycles. The molecule has 1 unspecified atom stereocenters. The van der Waals surface area contributed by atoms with Gasteiger partial charge in [-0.2, -0.15) is 4.99 Å². The summed E-state index contributed by atoms with van der Waals surface area (Å²) in [6, 6.07) is -0.215. The summed E-state index contributed by atoms with van der Waals surface area (Å²) in [6.07, 6.45) is 0. The lowest BCUT2D eigenvalue weighted by Crippen LogP contribution is -2.37. The van der Waals surface area contributed by atoms with Gasteiger partial charge in [0.15, 0.2) is 6.04 Å². The molecule has 2 rings (SSSR count). The van der Waals surface area contributed by atoms with Crippen molar-refractivity contribution >= 4 is 34.8 Å². The lowest BCUT2D eigenvalue weighted by Gasteiger charge is -2.11. The minimum Gasteiger partial charge on any atom is -0.368 e. The first-order valence-electron chi connectivity index (χ1n) is 3.45. The second-order valence-corrected chi connectivity index (χ2v) is 2.97. The molecule has 0 aliphatic carbocycles. The first-order chi connectivity index (χ1) is 5.66. The molecule has 0 aromatic rings. The summed E-state index contributed by atoms with van der Waals surface area (Å²) in [5.41, 5.74) is 5.41. The predicted molar refractivity (Wildman–Crippen MR) is 51.7 cm³/mol. The van der Waals surface area contributed by atoms with E-state index in [0.29, 0.717) is 10.8 Å². The quantitative estimate of drug-likeness (QED) is 0.491. The Balaban J connectivity index is 2.40. The second kappa shape index (κ2) is 2.34. The third-order valence-electron chi connectivity index (χ3n) is 1.58. The van der Waals surface area contributed by atoms with Crippen molar-refractivity contribution in [2.45, 2.75) is 13.0 Å². The van der Waals surface area contributed by atoms with E-state index in [1.54, 1.807) is 0 Å². The predicted octanol–water partition coefficient (Wildman–Crippen LogP) is -0.569. The first-order valence-corrected chi connectivity index (χ1v) is 3.85. The van der Waals surface area contributed by atoms with E-state index >= 15 is 0 Å². The van der Waals surface area contributed by atoms with Crippen LogP contribution in [0.15, 0.2) is 15.0 Å². The van der Waals surface area contributed by atoms with Crippen LogP contribution in [0.5, 0.6) is 0 Å². The molecule has 6 heteroatoms. The maximum absolute atomic E-state index is 5.41. The van der Waals surface area contributed by atoms with Crippen LogP contribution in [-0.2, 0) is 0 Å². The van der Waals surface area contributed by atoms with Crippen molar-refractivity contribution in [3.63, 3.8) is 0 Å². The molecule has 0 spiro atoms. The number of nitrogens with two attached hydrogens (primary N) is 1. The normalized spacial score (nSPS) is 26.9. The van der Waals surface area contributed by atoms with Crippen LogP contribution < -0.4 is 11.1 Å². The van der Waals surface area contributed by atoms with E-state index in [9.17, 15) is 0 Å². The van der Waals surface area contributed by atoms with Crippen LogP contribution in [-0.4, -0.2) is 28.7 Å². The Hall–Kier alpha value is -1.30. The number of hydrogen-bond acceptors (Lipinski definition) is 5. The summed E-state index contributed by atoms with van der Waals surface area (Å²) >= 11 is 4.98. The van der Waals surface area contributed by atoms with Crippen molar-refractivity contribution in [2.75, 3.05) is 0 Å². The average Bonchev–Trinajstić information content (AvgIpc) is 2.29.